The molecule has 1 N–H and O–H groups in total. The maximum Gasteiger partial charge on any atom is 0.303 e. The van der Waals surface area contributed by atoms with Crippen molar-refractivity contribution >= 4 is 32.7 Å². The van der Waals surface area contributed by atoms with Crippen LogP contribution in [0.5, 0.6) is 5.75 Å². The molecule has 0 atom stereocenters. The number of hydrogen-bond acceptors (Lipinski definition) is 5. The highest BCUT2D eigenvalue weighted by Gasteiger charge is 2.15. The third-order valence-corrected chi connectivity index (χ3v) is 6.62. The highest BCUT2D eigenvalue weighted by Crippen LogP contribution is 2.31. The lowest BCUT2D eigenvalue weighted by atomic mass is 10.1. The Morgan fingerprint density at radius 3 is 2.33 bits per heavy atom. The predicted octanol–water partition coefficient (Wildman–Crippen LogP) is 5.71. The van der Waals surface area contributed by atoms with Gasteiger partial charge in [-0.25, -0.2) is 9.37 Å². The van der Waals surface area contributed by atoms with Crippen LogP contribution < -0.4 is 9.64 Å². The van der Waals surface area contributed by atoms with E-state index in [0.717, 1.165) is 28.4 Å². The second-order valence-electron chi connectivity index (χ2n) is 7.81. The van der Waals surface area contributed by atoms with Gasteiger partial charge in [-0.2, -0.15) is 0 Å². The summed E-state index contributed by atoms with van der Waals surface area (Å²) >= 11 is 1.36. The second-order valence-corrected chi connectivity index (χ2v) is 8.79. The highest BCUT2D eigenvalue weighted by molar-refractivity contribution is 7.22. The van der Waals surface area contributed by atoms with Crippen molar-refractivity contribution in [2.24, 2.45) is 0 Å². The molecule has 0 aliphatic heterocycles. The zero-order chi connectivity index (χ0) is 23.2. The van der Waals surface area contributed by atoms with E-state index in [1.807, 2.05) is 54.6 Å². The van der Waals surface area contributed by atoms with Crippen LogP contribution in [0.1, 0.15) is 23.1 Å². The minimum atomic E-state index is -0.799. The quantitative estimate of drug-likeness (QED) is 0.326. The monoisotopic (exact) mass is 464 g/mol. The number of aromatic nitrogens is 1. The van der Waals surface area contributed by atoms with E-state index in [2.05, 4.69) is 4.90 Å². The molecule has 0 aliphatic carbocycles. The van der Waals surface area contributed by atoms with Crippen molar-refractivity contribution in [2.75, 3.05) is 18.6 Å². The van der Waals surface area contributed by atoms with Crippen molar-refractivity contribution in [3.05, 3.63) is 89.2 Å². The van der Waals surface area contributed by atoms with E-state index in [1.54, 1.807) is 13.2 Å². The molecule has 170 valence electrons. The molecule has 0 saturated heterocycles. The van der Waals surface area contributed by atoms with Gasteiger partial charge in [0, 0.05) is 19.5 Å². The summed E-state index contributed by atoms with van der Waals surface area (Å²) in [6.45, 7) is 1.34. The van der Waals surface area contributed by atoms with Crippen molar-refractivity contribution in [1.29, 1.82) is 0 Å². The summed E-state index contributed by atoms with van der Waals surface area (Å²) in [6, 6.07) is 20.9. The number of aliphatic carboxylic acids is 1. The van der Waals surface area contributed by atoms with Crippen LogP contribution >= 0.6 is 11.3 Å². The number of fused-ring (bicyclic) bond motifs is 1. The first-order chi connectivity index (χ1) is 16.0. The molecule has 4 rings (SSSR count). The Morgan fingerprint density at radius 1 is 1.00 bits per heavy atom. The van der Waals surface area contributed by atoms with Crippen LogP contribution in [0.25, 0.3) is 10.2 Å². The standard InChI is InChI=1S/C26H25FN2O3S/c1-32-21-12-9-19(10-13-21)15-16-29(26-28-23-4-2-3-22(27)25(23)33-26)17-20-7-5-18(6-8-20)11-14-24(30)31/h2-10,12-13H,11,14-17H2,1H3,(H,30,31). The first-order valence-corrected chi connectivity index (χ1v) is 11.6. The Morgan fingerprint density at radius 2 is 1.67 bits per heavy atom. The number of benzene rings is 3. The van der Waals surface area contributed by atoms with Crippen LogP contribution in [0, 0.1) is 5.82 Å². The van der Waals surface area contributed by atoms with Crippen LogP contribution in [-0.4, -0.2) is 29.7 Å². The minimum Gasteiger partial charge on any atom is -0.497 e. The minimum absolute atomic E-state index is 0.116. The third-order valence-electron chi connectivity index (χ3n) is 5.48. The number of nitrogens with zero attached hydrogens (tertiary/aromatic N) is 2. The molecular formula is C26H25FN2O3S. The van der Waals surface area contributed by atoms with Gasteiger partial charge in [-0.3, -0.25) is 4.79 Å². The molecule has 0 unspecified atom stereocenters. The van der Waals surface area contributed by atoms with Crippen molar-refractivity contribution < 1.29 is 19.0 Å². The average Bonchev–Trinajstić information content (AvgIpc) is 3.27. The van der Waals surface area contributed by atoms with Gasteiger partial charge in [0.15, 0.2) is 5.13 Å². The van der Waals surface area contributed by atoms with Gasteiger partial charge in [-0.15, -0.1) is 0 Å². The number of carboxylic acids is 1. The number of aryl methyl sites for hydroxylation is 1. The maximum atomic E-state index is 14.3. The molecular weight excluding hydrogens is 439 g/mol. The number of halogens is 1. The van der Waals surface area contributed by atoms with Gasteiger partial charge < -0.3 is 14.7 Å². The summed E-state index contributed by atoms with van der Waals surface area (Å²) in [5.74, 6) is -0.235. The second kappa shape index (κ2) is 10.4. The largest absolute Gasteiger partial charge is 0.497 e. The van der Waals surface area contributed by atoms with E-state index in [0.29, 0.717) is 29.7 Å². The molecule has 7 heteroatoms. The Hall–Kier alpha value is -3.45. The van der Waals surface area contributed by atoms with Crippen molar-refractivity contribution in [2.45, 2.75) is 25.8 Å². The smallest absolute Gasteiger partial charge is 0.303 e. The molecule has 0 amide bonds. The van der Waals surface area contributed by atoms with Gasteiger partial charge >= 0.3 is 5.97 Å². The van der Waals surface area contributed by atoms with Crippen LogP contribution in [0.15, 0.2) is 66.7 Å². The number of methoxy groups -OCH3 is 1. The zero-order valence-electron chi connectivity index (χ0n) is 18.3. The van der Waals surface area contributed by atoms with Gasteiger partial charge in [0.05, 0.1) is 17.3 Å². The molecule has 4 aromatic rings. The first kappa shape index (κ1) is 22.7. The molecule has 0 radical (unpaired) electrons. The number of rotatable bonds is 10. The molecule has 0 saturated carbocycles. The van der Waals surface area contributed by atoms with E-state index in [9.17, 15) is 9.18 Å². The summed E-state index contributed by atoms with van der Waals surface area (Å²) < 4.78 is 20.1. The Bertz CT molecular complexity index is 1220. The van der Waals surface area contributed by atoms with E-state index >= 15 is 0 Å². The van der Waals surface area contributed by atoms with E-state index < -0.39 is 5.97 Å². The van der Waals surface area contributed by atoms with Gasteiger partial charge in [0.1, 0.15) is 11.6 Å². The molecule has 0 fully saturated rings. The van der Waals surface area contributed by atoms with Gasteiger partial charge in [-0.05, 0) is 53.8 Å². The van der Waals surface area contributed by atoms with Gasteiger partial charge in [-0.1, -0.05) is 53.8 Å². The summed E-state index contributed by atoms with van der Waals surface area (Å²) in [6.07, 6.45) is 1.43. The Balaban J connectivity index is 1.54. The molecule has 5 nitrogen and oxygen atoms in total. The molecule has 0 spiro atoms. The first-order valence-electron chi connectivity index (χ1n) is 10.7. The third kappa shape index (κ3) is 5.87. The van der Waals surface area contributed by atoms with E-state index in [1.165, 1.54) is 23.0 Å². The van der Waals surface area contributed by atoms with Crippen LogP contribution in [0.2, 0.25) is 0 Å². The number of carbonyl (C=O) groups is 1. The van der Waals surface area contributed by atoms with Crippen LogP contribution in [0.4, 0.5) is 9.52 Å². The van der Waals surface area contributed by atoms with Gasteiger partial charge in [0.2, 0.25) is 0 Å². The SMILES string of the molecule is COc1ccc(CCN(Cc2ccc(CCC(=O)O)cc2)c2nc3cccc(F)c3s2)cc1. The fraction of sp³-hybridized carbons (Fsp3) is 0.231. The topological polar surface area (TPSA) is 62.7 Å². The summed E-state index contributed by atoms with van der Waals surface area (Å²) in [5, 5.41) is 9.67. The number of ether oxygens (including phenoxy) is 1. The fourth-order valence-electron chi connectivity index (χ4n) is 3.62. The van der Waals surface area contributed by atoms with E-state index in [-0.39, 0.29) is 12.2 Å². The molecule has 1 aromatic heterocycles. The highest BCUT2D eigenvalue weighted by atomic mass is 32.1. The van der Waals surface area contributed by atoms with Crippen LogP contribution in [-0.2, 0) is 24.2 Å². The van der Waals surface area contributed by atoms with Gasteiger partial charge in [0.25, 0.3) is 0 Å². The summed E-state index contributed by atoms with van der Waals surface area (Å²) in [4.78, 5) is 17.7. The number of carboxylic acid groups (broad SMARTS) is 1. The molecule has 0 bridgehead atoms. The Labute approximate surface area is 196 Å². The number of hydrogen-bond donors (Lipinski definition) is 1. The van der Waals surface area contributed by atoms with Crippen molar-refractivity contribution in [1.82, 2.24) is 4.98 Å². The zero-order valence-corrected chi connectivity index (χ0v) is 19.1. The number of thiazole rings is 1. The van der Waals surface area contributed by atoms with Crippen LogP contribution in [0.3, 0.4) is 0 Å². The van der Waals surface area contributed by atoms with E-state index in [4.69, 9.17) is 14.8 Å². The maximum absolute atomic E-state index is 14.3. The fourth-order valence-corrected chi connectivity index (χ4v) is 4.62. The average molecular weight is 465 g/mol. The normalized spacial score (nSPS) is 11.0. The lowest BCUT2D eigenvalue weighted by Gasteiger charge is -2.22. The number of anilines is 1. The Kier molecular flexibility index (Phi) is 7.19. The molecule has 3 aromatic carbocycles. The lowest BCUT2D eigenvalue weighted by Crippen LogP contribution is -2.25. The molecule has 33 heavy (non-hydrogen) atoms. The molecule has 1 heterocycles. The van der Waals surface area contributed by atoms with Crippen molar-refractivity contribution in [3.8, 4) is 5.75 Å². The van der Waals surface area contributed by atoms with Crippen molar-refractivity contribution in [3.63, 3.8) is 0 Å². The molecule has 0 aliphatic rings. The summed E-state index contributed by atoms with van der Waals surface area (Å²) in [5.41, 5.74) is 3.92. The lowest BCUT2D eigenvalue weighted by molar-refractivity contribution is -0.136. The predicted molar refractivity (Wildman–Crippen MR) is 130 cm³/mol. The summed E-state index contributed by atoms with van der Waals surface area (Å²) in [7, 11) is 1.65.